The van der Waals surface area contributed by atoms with Crippen molar-refractivity contribution >= 4 is 11.6 Å². The lowest BCUT2D eigenvalue weighted by Gasteiger charge is -2.28. The van der Waals surface area contributed by atoms with Crippen LogP contribution in [0.3, 0.4) is 0 Å². The Labute approximate surface area is 124 Å². The number of rotatable bonds is 4. The van der Waals surface area contributed by atoms with Crippen molar-refractivity contribution in [3.8, 4) is 5.75 Å². The normalized spacial score (nSPS) is 14.8. The zero-order chi connectivity index (χ0) is 13.8. The van der Waals surface area contributed by atoms with Gasteiger partial charge < -0.3 is 4.74 Å². The molecule has 3 rings (SSSR count). The lowest BCUT2D eigenvalue weighted by atomic mass is 10.00. The van der Waals surface area contributed by atoms with E-state index in [4.69, 9.17) is 16.3 Å². The number of benzene rings is 2. The molecule has 0 radical (unpaired) electrons. The van der Waals surface area contributed by atoms with Crippen molar-refractivity contribution < 1.29 is 4.74 Å². The number of hydrogen-bond acceptors (Lipinski definition) is 2. The molecule has 0 saturated carbocycles. The number of nitrogens with zero attached hydrogens (tertiary/aromatic N) is 1. The van der Waals surface area contributed by atoms with Crippen LogP contribution in [0.5, 0.6) is 5.75 Å². The van der Waals surface area contributed by atoms with Crippen LogP contribution in [0.4, 0.5) is 0 Å². The van der Waals surface area contributed by atoms with Gasteiger partial charge in [-0.3, -0.25) is 4.90 Å². The molecule has 0 amide bonds. The van der Waals surface area contributed by atoms with E-state index in [0.29, 0.717) is 0 Å². The van der Waals surface area contributed by atoms with Crippen LogP contribution in [0, 0.1) is 0 Å². The summed E-state index contributed by atoms with van der Waals surface area (Å²) in [5.41, 5.74) is 2.78. The van der Waals surface area contributed by atoms with Crippen molar-refractivity contribution in [2.24, 2.45) is 0 Å². The molecule has 2 aromatic carbocycles. The van der Waals surface area contributed by atoms with Crippen LogP contribution in [0.2, 0.25) is 5.02 Å². The van der Waals surface area contributed by atoms with E-state index in [1.54, 1.807) is 0 Å². The molecule has 2 aromatic rings. The molecule has 1 aliphatic rings. The molecule has 3 heteroatoms. The van der Waals surface area contributed by atoms with E-state index in [9.17, 15) is 0 Å². The van der Waals surface area contributed by atoms with Gasteiger partial charge in [0, 0.05) is 24.7 Å². The topological polar surface area (TPSA) is 12.5 Å². The summed E-state index contributed by atoms with van der Waals surface area (Å²) in [5, 5.41) is 0.838. The second-order valence-electron chi connectivity index (χ2n) is 5.10. The van der Waals surface area contributed by atoms with Gasteiger partial charge in [0.1, 0.15) is 12.4 Å². The first-order chi connectivity index (χ1) is 9.81. The van der Waals surface area contributed by atoms with E-state index in [-0.39, 0.29) is 0 Å². The van der Waals surface area contributed by atoms with Gasteiger partial charge >= 0.3 is 0 Å². The standard InChI is InChI=1S/C17H18ClNO/c18-16-7-6-15-13-19(9-8-14(15)12-16)10-11-20-17-4-2-1-3-5-17/h1-7,12H,8-11,13H2. The van der Waals surface area contributed by atoms with Gasteiger partial charge in [-0.2, -0.15) is 0 Å². The minimum Gasteiger partial charge on any atom is -0.492 e. The SMILES string of the molecule is Clc1ccc2c(c1)CCN(CCOc1ccccc1)C2. The molecule has 0 spiro atoms. The number of halogens is 1. The summed E-state index contributed by atoms with van der Waals surface area (Å²) in [6.45, 7) is 3.75. The summed E-state index contributed by atoms with van der Waals surface area (Å²) in [4.78, 5) is 2.43. The summed E-state index contributed by atoms with van der Waals surface area (Å²) in [6, 6.07) is 16.2. The minimum absolute atomic E-state index is 0.729. The molecule has 0 aromatic heterocycles. The van der Waals surface area contributed by atoms with Crippen molar-refractivity contribution in [3.63, 3.8) is 0 Å². The summed E-state index contributed by atoms with van der Waals surface area (Å²) in [6.07, 6.45) is 1.07. The van der Waals surface area contributed by atoms with Crippen LogP contribution < -0.4 is 4.74 Å². The van der Waals surface area contributed by atoms with Gasteiger partial charge in [0.15, 0.2) is 0 Å². The molecule has 1 heterocycles. The third kappa shape index (κ3) is 3.33. The van der Waals surface area contributed by atoms with Gasteiger partial charge in [-0.15, -0.1) is 0 Å². The Kier molecular flexibility index (Phi) is 4.24. The highest BCUT2D eigenvalue weighted by Crippen LogP contribution is 2.22. The molecule has 0 fully saturated rings. The molecule has 1 aliphatic heterocycles. The van der Waals surface area contributed by atoms with Crippen LogP contribution in [-0.2, 0) is 13.0 Å². The van der Waals surface area contributed by atoms with Gasteiger partial charge in [-0.25, -0.2) is 0 Å². The zero-order valence-electron chi connectivity index (χ0n) is 11.4. The lowest BCUT2D eigenvalue weighted by molar-refractivity contribution is 0.196. The predicted octanol–water partition coefficient (Wildman–Crippen LogP) is 3.78. The fourth-order valence-corrected chi connectivity index (χ4v) is 2.77. The summed E-state index contributed by atoms with van der Waals surface area (Å²) >= 11 is 6.03. The van der Waals surface area contributed by atoms with E-state index in [1.165, 1.54) is 11.1 Å². The van der Waals surface area contributed by atoms with Crippen LogP contribution in [0.25, 0.3) is 0 Å². The van der Waals surface area contributed by atoms with Crippen molar-refractivity contribution in [2.75, 3.05) is 19.7 Å². The number of hydrogen-bond donors (Lipinski definition) is 0. The molecule has 0 N–H and O–H groups in total. The number of fused-ring (bicyclic) bond motifs is 1. The Morgan fingerprint density at radius 1 is 1.05 bits per heavy atom. The highest BCUT2D eigenvalue weighted by molar-refractivity contribution is 6.30. The molecule has 0 bridgehead atoms. The quantitative estimate of drug-likeness (QED) is 0.848. The highest BCUT2D eigenvalue weighted by Gasteiger charge is 2.16. The van der Waals surface area contributed by atoms with Crippen LogP contribution in [-0.4, -0.2) is 24.6 Å². The molecular weight excluding hydrogens is 270 g/mol. The lowest BCUT2D eigenvalue weighted by Crippen LogP contribution is -2.33. The first-order valence-corrected chi connectivity index (χ1v) is 7.36. The highest BCUT2D eigenvalue weighted by atomic mass is 35.5. The Balaban J connectivity index is 1.52. The predicted molar refractivity (Wildman–Crippen MR) is 82.4 cm³/mol. The van der Waals surface area contributed by atoms with Crippen molar-refractivity contribution in [2.45, 2.75) is 13.0 Å². The average Bonchev–Trinajstić information content (AvgIpc) is 2.48. The van der Waals surface area contributed by atoms with Gasteiger partial charge in [-0.05, 0) is 41.8 Å². The van der Waals surface area contributed by atoms with E-state index >= 15 is 0 Å². The first kappa shape index (κ1) is 13.5. The third-order valence-electron chi connectivity index (χ3n) is 3.68. The smallest absolute Gasteiger partial charge is 0.119 e. The molecule has 20 heavy (non-hydrogen) atoms. The summed E-state index contributed by atoms with van der Waals surface area (Å²) in [7, 11) is 0. The van der Waals surface area contributed by atoms with E-state index in [2.05, 4.69) is 17.0 Å². The summed E-state index contributed by atoms with van der Waals surface area (Å²) < 4.78 is 5.75. The van der Waals surface area contributed by atoms with Gasteiger partial charge in [0.2, 0.25) is 0 Å². The fourth-order valence-electron chi connectivity index (χ4n) is 2.58. The van der Waals surface area contributed by atoms with Crippen molar-refractivity contribution in [3.05, 3.63) is 64.7 Å². The Hall–Kier alpha value is -1.51. The Morgan fingerprint density at radius 2 is 1.90 bits per heavy atom. The van der Waals surface area contributed by atoms with E-state index in [1.807, 2.05) is 36.4 Å². The second kappa shape index (κ2) is 6.29. The molecule has 2 nitrogen and oxygen atoms in total. The number of ether oxygens (including phenoxy) is 1. The maximum Gasteiger partial charge on any atom is 0.119 e. The maximum atomic E-state index is 6.03. The van der Waals surface area contributed by atoms with Crippen LogP contribution >= 0.6 is 11.6 Å². The first-order valence-electron chi connectivity index (χ1n) is 6.99. The van der Waals surface area contributed by atoms with Gasteiger partial charge in [-0.1, -0.05) is 35.9 Å². The Morgan fingerprint density at radius 3 is 2.75 bits per heavy atom. The molecular formula is C17H18ClNO. The number of para-hydroxylation sites is 1. The average molecular weight is 288 g/mol. The largest absolute Gasteiger partial charge is 0.492 e. The molecule has 0 unspecified atom stereocenters. The van der Waals surface area contributed by atoms with Crippen LogP contribution in [0.15, 0.2) is 48.5 Å². The maximum absolute atomic E-state index is 6.03. The second-order valence-corrected chi connectivity index (χ2v) is 5.54. The summed E-state index contributed by atoms with van der Waals surface area (Å²) in [5.74, 6) is 0.941. The van der Waals surface area contributed by atoms with Crippen LogP contribution in [0.1, 0.15) is 11.1 Å². The molecule has 104 valence electrons. The van der Waals surface area contributed by atoms with Gasteiger partial charge in [0.25, 0.3) is 0 Å². The monoisotopic (exact) mass is 287 g/mol. The molecule has 0 aliphatic carbocycles. The minimum atomic E-state index is 0.729. The fraction of sp³-hybridized carbons (Fsp3) is 0.294. The van der Waals surface area contributed by atoms with E-state index in [0.717, 1.165) is 43.4 Å². The van der Waals surface area contributed by atoms with Gasteiger partial charge in [0.05, 0.1) is 0 Å². The molecule has 0 atom stereocenters. The van der Waals surface area contributed by atoms with Crippen molar-refractivity contribution in [1.29, 1.82) is 0 Å². The molecule has 0 saturated heterocycles. The zero-order valence-corrected chi connectivity index (χ0v) is 12.1. The van der Waals surface area contributed by atoms with E-state index < -0.39 is 0 Å². The van der Waals surface area contributed by atoms with Crippen molar-refractivity contribution in [1.82, 2.24) is 4.90 Å². The Bertz CT molecular complexity index is 570. The third-order valence-corrected chi connectivity index (χ3v) is 3.91.